The molecule has 1 heterocycles. The molecule has 0 bridgehead atoms. The van der Waals surface area contributed by atoms with Crippen molar-refractivity contribution in [2.75, 3.05) is 5.32 Å². The molecule has 1 N–H and O–H groups in total. The lowest BCUT2D eigenvalue weighted by molar-refractivity contribution is 1.46. The van der Waals surface area contributed by atoms with Gasteiger partial charge in [-0.2, -0.15) is 0 Å². The van der Waals surface area contributed by atoms with Crippen LogP contribution in [0.2, 0.25) is 0 Å². The highest BCUT2D eigenvalue weighted by atomic mass is 31.1. The molecule has 1 nitrogen and oxygen atoms in total. The standard InChI is InChI=1S/C13H14NP/c1-3-7-12-10(4-2)14-11-8-5-6-9-13(11)15-12/h3-9,14-15H,2H2,1H3/b7-3-. The highest BCUT2D eigenvalue weighted by molar-refractivity contribution is 7.52. The van der Waals surface area contributed by atoms with Crippen LogP contribution in [0.4, 0.5) is 5.69 Å². The molecule has 0 aliphatic carbocycles. The van der Waals surface area contributed by atoms with Crippen molar-refractivity contribution in [3.63, 3.8) is 0 Å². The summed E-state index contributed by atoms with van der Waals surface area (Å²) >= 11 is 0. The lowest BCUT2D eigenvalue weighted by Crippen LogP contribution is -2.13. The van der Waals surface area contributed by atoms with E-state index in [4.69, 9.17) is 0 Å². The summed E-state index contributed by atoms with van der Waals surface area (Å²) in [5.74, 6) is 0. The smallest absolute Gasteiger partial charge is 0.0463 e. The van der Waals surface area contributed by atoms with Crippen LogP contribution in [0, 0.1) is 0 Å². The van der Waals surface area contributed by atoms with Gasteiger partial charge in [-0.15, -0.1) is 0 Å². The van der Waals surface area contributed by atoms with E-state index in [9.17, 15) is 0 Å². The van der Waals surface area contributed by atoms with Gasteiger partial charge in [-0.05, 0) is 19.1 Å². The van der Waals surface area contributed by atoms with Crippen LogP contribution in [0.3, 0.4) is 0 Å². The second kappa shape index (κ2) is 4.46. The summed E-state index contributed by atoms with van der Waals surface area (Å²) in [5, 5.41) is 6.10. The molecule has 0 aromatic heterocycles. The molecule has 2 heteroatoms. The van der Waals surface area contributed by atoms with E-state index in [2.05, 4.69) is 48.3 Å². The Morgan fingerprint density at radius 1 is 1.33 bits per heavy atom. The Balaban J connectivity index is 2.41. The fourth-order valence-corrected chi connectivity index (χ4v) is 2.88. The number of benzene rings is 1. The number of nitrogens with one attached hydrogen (secondary N) is 1. The summed E-state index contributed by atoms with van der Waals surface area (Å²) in [6.45, 7) is 5.88. The lowest BCUT2D eigenvalue weighted by atomic mass is 10.2. The first-order valence-corrected chi connectivity index (χ1v) is 5.97. The fourth-order valence-electron chi connectivity index (χ4n) is 1.59. The molecule has 76 valence electrons. The van der Waals surface area contributed by atoms with Gasteiger partial charge in [0.15, 0.2) is 0 Å². The van der Waals surface area contributed by atoms with Gasteiger partial charge in [-0.25, -0.2) is 0 Å². The molecule has 1 aromatic carbocycles. The quantitative estimate of drug-likeness (QED) is 0.745. The first-order valence-electron chi connectivity index (χ1n) is 4.97. The number of para-hydroxylation sites is 1. The van der Waals surface area contributed by atoms with E-state index >= 15 is 0 Å². The van der Waals surface area contributed by atoms with E-state index in [1.165, 1.54) is 16.3 Å². The molecule has 0 saturated heterocycles. The highest BCUT2D eigenvalue weighted by Crippen LogP contribution is 2.35. The third-order valence-corrected chi connectivity index (χ3v) is 3.70. The predicted molar refractivity (Wildman–Crippen MR) is 70.1 cm³/mol. The third kappa shape index (κ3) is 2.03. The maximum absolute atomic E-state index is 3.84. The molecule has 0 radical (unpaired) electrons. The largest absolute Gasteiger partial charge is 0.354 e. The van der Waals surface area contributed by atoms with Crippen LogP contribution < -0.4 is 10.6 Å². The molecular weight excluding hydrogens is 201 g/mol. The first-order chi connectivity index (χ1) is 7.35. The van der Waals surface area contributed by atoms with Crippen molar-refractivity contribution in [3.05, 3.63) is 60.1 Å². The Labute approximate surface area is 92.4 Å². The highest BCUT2D eigenvalue weighted by Gasteiger charge is 2.12. The number of allylic oxidation sites excluding steroid dienone is 4. The van der Waals surface area contributed by atoms with Crippen molar-refractivity contribution in [3.8, 4) is 0 Å². The molecule has 0 fully saturated rings. The van der Waals surface area contributed by atoms with Crippen LogP contribution in [0.5, 0.6) is 0 Å². The van der Waals surface area contributed by atoms with Crippen LogP contribution in [-0.4, -0.2) is 0 Å². The zero-order chi connectivity index (χ0) is 10.7. The average Bonchev–Trinajstić information content (AvgIpc) is 2.28. The predicted octanol–water partition coefficient (Wildman–Crippen LogP) is 3.39. The molecule has 0 amide bonds. The van der Waals surface area contributed by atoms with Crippen LogP contribution in [0.1, 0.15) is 6.92 Å². The van der Waals surface area contributed by atoms with E-state index in [0.717, 1.165) is 5.70 Å². The number of hydrogen-bond acceptors (Lipinski definition) is 1. The second-order valence-electron chi connectivity index (χ2n) is 3.33. The number of hydrogen-bond donors (Lipinski definition) is 1. The van der Waals surface area contributed by atoms with Crippen molar-refractivity contribution < 1.29 is 0 Å². The van der Waals surface area contributed by atoms with Gasteiger partial charge in [-0.3, -0.25) is 0 Å². The van der Waals surface area contributed by atoms with Crippen LogP contribution in [0.15, 0.2) is 60.1 Å². The Hall–Kier alpha value is -1.33. The van der Waals surface area contributed by atoms with Crippen molar-refractivity contribution in [1.29, 1.82) is 0 Å². The molecular formula is C13H14NP. The van der Waals surface area contributed by atoms with Gasteiger partial charge >= 0.3 is 0 Å². The molecule has 0 saturated carbocycles. The van der Waals surface area contributed by atoms with Crippen molar-refractivity contribution in [2.45, 2.75) is 6.92 Å². The molecule has 0 spiro atoms. The number of rotatable bonds is 2. The van der Waals surface area contributed by atoms with Gasteiger partial charge < -0.3 is 5.32 Å². The Bertz CT molecular complexity index is 444. The summed E-state index contributed by atoms with van der Waals surface area (Å²) in [4.78, 5) is 0. The van der Waals surface area contributed by atoms with Gasteiger partial charge in [0.2, 0.25) is 0 Å². The van der Waals surface area contributed by atoms with Crippen molar-refractivity contribution in [1.82, 2.24) is 0 Å². The molecule has 1 aliphatic heterocycles. The molecule has 2 rings (SSSR count). The summed E-state index contributed by atoms with van der Waals surface area (Å²) in [5.41, 5.74) is 2.34. The lowest BCUT2D eigenvalue weighted by Gasteiger charge is -2.21. The third-order valence-electron chi connectivity index (χ3n) is 2.29. The Morgan fingerprint density at radius 2 is 2.13 bits per heavy atom. The van der Waals surface area contributed by atoms with E-state index in [0.29, 0.717) is 8.58 Å². The van der Waals surface area contributed by atoms with E-state index in [-0.39, 0.29) is 0 Å². The minimum absolute atomic E-state index is 0.717. The normalized spacial score (nSPS) is 16.6. The molecule has 15 heavy (non-hydrogen) atoms. The van der Waals surface area contributed by atoms with Gasteiger partial charge in [0, 0.05) is 22.0 Å². The minimum atomic E-state index is 0.717. The van der Waals surface area contributed by atoms with Gasteiger partial charge in [0.1, 0.15) is 0 Å². The Kier molecular flexibility index (Phi) is 3.03. The van der Waals surface area contributed by atoms with E-state index < -0.39 is 0 Å². The Morgan fingerprint density at radius 3 is 2.87 bits per heavy atom. The van der Waals surface area contributed by atoms with E-state index in [1.54, 1.807) is 0 Å². The van der Waals surface area contributed by atoms with Crippen LogP contribution >= 0.6 is 8.58 Å². The number of fused-ring (bicyclic) bond motifs is 1. The molecule has 1 unspecified atom stereocenters. The second-order valence-corrected chi connectivity index (χ2v) is 4.65. The van der Waals surface area contributed by atoms with Crippen LogP contribution in [-0.2, 0) is 0 Å². The van der Waals surface area contributed by atoms with Crippen LogP contribution in [0.25, 0.3) is 0 Å². The van der Waals surface area contributed by atoms with Gasteiger partial charge in [0.25, 0.3) is 0 Å². The minimum Gasteiger partial charge on any atom is -0.354 e. The summed E-state index contributed by atoms with van der Waals surface area (Å²) < 4.78 is 0. The SMILES string of the molecule is C=CC1=C(/C=C\C)Pc2ccccc2N1. The summed E-state index contributed by atoms with van der Waals surface area (Å²) in [6.07, 6.45) is 6.11. The monoisotopic (exact) mass is 215 g/mol. The number of anilines is 1. The zero-order valence-electron chi connectivity index (χ0n) is 8.75. The zero-order valence-corrected chi connectivity index (χ0v) is 9.75. The first kappa shape index (κ1) is 10.2. The molecule has 1 atom stereocenters. The van der Waals surface area contributed by atoms with Gasteiger partial charge in [-0.1, -0.05) is 45.5 Å². The van der Waals surface area contributed by atoms with Crippen molar-refractivity contribution in [2.24, 2.45) is 0 Å². The average molecular weight is 215 g/mol. The summed E-state index contributed by atoms with van der Waals surface area (Å²) in [7, 11) is 0.717. The molecule has 1 aromatic rings. The van der Waals surface area contributed by atoms with E-state index in [1.807, 2.05) is 13.0 Å². The fraction of sp³-hybridized carbons (Fsp3) is 0.0769. The summed E-state index contributed by atoms with van der Waals surface area (Å²) in [6, 6.07) is 8.42. The topological polar surface area (TPSA) is 12.0 Å². The van der Waals surface area contributed by atoms with Crippen molar-refractivity contribution >= 4 is 19.6 Å². The molecule has 1 aliphatic rings. The maximum Gasteiger partial charge on any atom is 0.0463 e. The maximum atomic E-state index is 3.84. The van der Waals surface area contributed by atoms with Gasteiger partial charge in [0.05, 0.1) is 0 Å².